The topological polar surface area (TPSA) is 25.6 Å². The van der Waals surface area contributed by atoms with Crippen LogP contribution in [0, 0.1) is 11.8 Å². The Morgan fingerprint density at radius 2 is 2.17 bits per heavy atom. The number of fused-ring (bicyclic) bond motifs is 4. The minimum absolute atomic E-state index is 0.584. The third-order valence-corrected chi connectivity index (χ3v) is 6.93. The molecule has 3 aliphatic heterocycles. The molecule has 1 aromatic carbocycles. The van der Waals surface area contributed by atoms with E-state index in [0.717, 1.165) is 29.6 Å². The summed E-state index contributed by atoms with van der Waals surface area (Å²) in [5.74, 6) is 4.49. The van der Waals surface area contributed by atoms with E-state index in [-0.39, 0.29) is 0 Å². The largest absolute Gasteiger partial charge is 0.497 e. The number of piperidine rings is 2. The fourth-order valence-electron chi connectivity index (χ4n) is 5.90. The van der Waals surface area contributed by atoms with E-state index in [0.29, 0.717) is 18.0 Å². The van der Waals surface area contributed by atoms with Gasteiger partial charge in [0.2, 0.25) is 0 Å². The Balaban J connectivity index is 1.69. The molecule has 1 saturated carbocycles. The van der Waals surface area contributed by atoms with Gasteiger partial charge in [-0.25, -0.2) is 0 Å². The van der Waals surface area contributed by atoms with Gasteiger partial charge in [0.25, 0.3) is 0 Å². The predicted molar refractivity (Wildman–Crippen MR) is 95.7 cm³/mol. The van der Waals surface area contributed by atoms with E-state index in [4.69, 9.17) is 9.15 Å². The second kappa shape index (κ2) is 5.26. The SMILES string of the molecule is CCC1CC2CC3c4oc5ccc(OC)cc5c4CC(C)N(C2)C13. The second-order valence-corrected chi connectivity index (χ2v) is 8.16. The Bertz CT molecular complexity index is 779. The molecule has 24 heavy (non-hydrogen) atoms. The van der Waals surface area contributed by atoms with Gasteiger partial charge in [-0.3, -0.25) is 4.90 Å². The molecule has 1 aliphatic carbocycles. The Morgan fingerprint density at radius 1 is 1.29 bits per heavy atom. The summed E-state index contributed by atoms with van der Waals surface area (Å²) < 4.78 is 11.9. The molecule has 0 N–H and O–H groups in total. The van der Waals surface area contributed by atoms with Crippen molar-refractivity contribution >= 4 is 11.0 Å². The summed E-state index contributed by atoms with van der Waals surface area (Å²) >= 11 is 0. The van der Waals surface area contributed by atoms with Crippen LogP contribution in [0.3, 0.4) is 0 Å². The summed E-state index contributed by atoms with van der Waals surface area (Å²) in [6, 6.07) is 7.55. The van der Waals surface area contributed by atoms with Gasteiger partial charge in [0.1, 0.15) is 17.1 Å². The smallest absolute Gasteiger partial charge is 0.134 e. The van der Waals surface area contributed by atoms with Crippen molar-refractivity contribution in [2.75, 3.05) is 13.7 Å². The lowest BCUT2D eigenvalue weighted by Crippen LogP contribution is -2.58. The fourth-order valence-corrected chi connectivity index (χ4v) is 5.90. The lowest BCUT2D eigenvalue weighted by atomic mass is 9.65. The first-order valence-corrected chi connectivity index (χ1v) is 9.54. The summed E-state index contributed by atoms with van der Waals surface area (Å²) in [6.45, 7) is 6.08. The average Bonchev–Trinajstić information content (AvgIpc) is 2.95. The van der Waals surface area contributed by atoms with Crippen LogP contribution in [0.1, 0.15) is 50.4 Å². The number of hydrogen-bond donors (Lipinski definition) is 0. The molecule has 6 rings (SSSR count). The molecular weight excluding hydrogens is 298 g/mol. The molecule has 4 heterocycles. The van der Waals surface area contributed by atoms with E-state index in [2.05, 4.69) is 30.9 Å². The van der Waals surface area contributed by atoms with E-state index in [1.807, 2.05) is 6.07 Å². The number of methoxy groups -OCH3 is 1. The zero-order valence-electron chi connectivity index (χ0n) is 14.9. The molecular formula is C21H27NO2. The number of hydrogen-bond acceptors (Lipinski definition) is 3. The van der Waals surface area contributed by atoms with Gasteiger partial charge in [-0.15, -0.1) is 0 Å². The van der Waals surface area contributed by atoms with Gasteiger partial charge < -0.3 is 9.15 Å². The minimum Gasteiger partial charge on any atom is -0.497 e. The number of ether oxygens (including phenoxy) is 1. The van der Waals surface area contributed by atoms with E-state index in [9.17, 15) is 0 Å². The molecule has 128 valence electrons. The van der Waals surface area contributed by atoms with Crippen LogP contribution in [-0.2, 0) is 6.42 Å². The molecule has 0 radical (unpaired) electrons. The third kappa shape index (κ3) is 1.94. The Labute approximate surface area is 144 Å². The number of benzene rings is 1. The predicted octanol–water partition coefficient (Wildman–Crippen LogP) is 4.59. The molecule has 3 nitrogen and oxygen atoms in total. The fraction of sp³-hybridized carbons (Fsp3) is 0.619. The molecule has 0 amide bonds. The van der Waals surface area contributed by atoms with Gasteiger partial charge in [0.15, 0.2) is 0 Å². The maximum Gasteiger partial charge on any atom is 0.134 e. The van der Waals surface area contributed by atoms with Gasteiger partial charge in [0.05, 0.1) is 7.11 Å². The van der Waals surface area contributed by atoms with Crippen molar-refractivity contribution in [1.29, 1.82) is 0 Å². The highest BCUT2D eigenvalue weighted by molar-refractivity contribution is 5.84. The highest BCUT2D eigenvalue weighted by atomic mass is 16.5. The van der Waals surface area contributed by atoms with Crippen molar-refractivity contribution < 1.29 is 9.15 Å². The van der Waals surface area contributed by atoms with E-state index in [1.165, 1.54) is 42.5 Å². The molecule has 6 unspecified atom stereocenters. The number of rotatable bonds is 2. The summed E-state index contributed by atoms with van der Waals surface area (Å²) in [7, 11) is 1.74. The zero-order valence-corrected chi connectivity index (χ0v) is 14.9. The van der Waals surface area contributed by atoms with Crippen molar-refractivity contribution in [2.45, 2.75) is 57.5 Å². The van der Waals surface area contributed by atoms with Crippen LogP contribution >= 0.6 is 0 Å². The molecule has 4 aliphatic rings. The van der Waals surface area contributed by atoms with Crippen molar-refractivity contribution in [1.82, 2.24) is 4.90 Å². The van der Waals surface area contributed by atoms with Gasteiger partial charge in [-0.05, 0) is 56.2 Å². The van der Waals surface area contributed by atoms with Crippen LogP contribution in [0.25, 0.3) is 11.0 Å². The van der Waals surface area contributed by atoms with Crippen LogP contribution in [-0.4, -0.2) is 30.6 Å². The molecule has 3 fully saturated rings. The highest BCUT2D eigenvalue weighted by Gasteiger charge is 2.51. The standard InChI is InChI=1S/C21H27NO2/c1-4-14-8-13-9-18-20(14)22(11-13)12(2)7-17-16-10-15(23-3)5-6-19(16)24-21(17)18/h5-6,10,12-14,18,20H,4,7-9,11H2,1-3H3. The van der Waals surface area contributed by atoms with Crippen LogP contribution in [0.2, 0.25) is 0 Å². The summed E-state index contributed by atoms with van der Waals surface area (Å²) in [4.78, 5) is 2.82. The lowest BCUT2D eigenvalue weighted by Gasteiger charge is -2.54. The monoisotopic (exact) mass is 325 g/mol. The first kappa shape index (κ1) is 14.8. The van der Waals surface area contributed by atoms with Crippen LogP contribution in [0.5, 0.6) is 5.75 Å². The van der Waals surface area contributed by atoms with E-state index < -0.39 is 0 Å². The highest BCUT2D eigenvalue weighted by Crippen LogP contribution is 2.53. The first-order valence-electron chi connectivity index (χ1n) is 9.54. The zero-order chi connectivity index (χ0) is 16.4. The van der Waals surface area contributed by atoms with E-state index >= 15 is 0 Å². The Kier molecular flexibility index (Phi) is 3.25. The van der Waals surface area contributed by atoms with Gasteiger partial charge >= 0.3 is 0 Å². The third-order valence-electron chi connectivity index (χ3n) is 6.93. The lowest BCUT2D eigenvalue weighted by molar-refractivity contribution is -0.0384. The summed E-state index contributed by atoms with van der Waals surface area (Å²) in [5.41, 5.74) is 2.49. The number of nitrogens with zero attached hydrogens (tertiary/aromatic N) is 1. The molecule has 6 atom stereocenters. The maximum absolute atomic E-state index is 6.47. The van der Waals surface area contributed by atoms with Gasteiger partial charge in [-0.2, -0.15) is 0 Å². The molecule has 0 spiro atoms. The Hall–Kier alpha value is -1.48. The normalized spacial score (nSPS) is 37.3. The quantitative estimate of drug-likeness (QED) is 0.807. The van der Waals surface area contributed by atoms with Crippen LogP contribution < -0.4 is 4.74 Å². The summed E-state index contributed by atoms with van der Waals surface area (Å²) in [5, 5.41) is 1.27. The van der Waals surface area contributed by atoms with Crippen molar-refractivity contribution in [3.8, 4) is 5.75 Å². The van der Waals surface area contributed by atoms with Gasteiger partial charge in [-0.1, -0.05) is 13.3 Å². The minimum atomic E-state index is 0.584. The molecule has 2 saturated heterocycles. The average molecular weight is 325 g/mol. The first-order chi connectivity index (χ1) is 11.7. The van der Waals surface area contributed by atoms with Crippen molar-refractivity contribution in [3.05, 3.63) is 29.5 Å². The van der Waals surface area contributed by atoms with Gasteiger partial charge in [0, 0.05) is 35.5 Å². The van der Waals surface area contributed by atoms with Crippen LogP contribution in [0.4, 0.5) is 0 Å². The molecule has 1 aromatic heterocycles. The van der Waals surface area contributed by atoms with Crippen LogP contribution in [0.15, 0.2) is 22.6 Å². The second-order valence-electron chi connectivity index (χ2n) is 8.16. The van der Waals surface area contributed by atoms with E-state index in [1.54, 1.807) is 7.11 Å². The van der Waals surface area contributed by atoms with Crippen molar-refractivity contribution in [2.24, 2.45) is 11.8 Å². The maximum atomic E-state index is 6.47. The number of furan rings is 1. The Morgan fingerprint density at radius 3 is 2.96 bits per heavy atom. The molecule has 2 aromatic rings. The summed E-state index contributed by atoms with van der Waals surface area (Å²) in [6.07, 6.45) is 5.13. The molecule has 4 bridgehead atoms. The van der Waals surface area contributed by atoms with Crippen molar-refractivity contribution in [3.63, 3.8) is 0 Å². The molecule has 3 heteroatoms.